The summed E-state index contributed by atoms with van der Waals surface area (Å²) in [7, 11) is 0. The molecule has 0 bridgehead atoms. The van der Waals surface area contributed by atoms with Gasteiger partial charge in [-0.1, -0.05) is 17.3 Å². The lowest BCUT2D eigenvalue weighted by Crippen LogP contribution is -2.44. The SMILES string of the molecule is O=C(C1CCCO1)N1CCCC(c2nc(-c3cccc(F)c3)no2)C1. The number of piperidine rings is 1. The molecule has 0 radical (unpaired) electrons. The number of benzene rings is 1. The van der Waals surface area contributed by atoms with Gasteiger partial charge < -0.3 is 14.2 Å². The van der Waals surface area contributed by atoms with E-state index in [9.17, 15) is 9.18 Å². The highest BCUT2D eigenvalue weighted by molar-refractivity contribution is 5.81. The van der Waals surface area contributed by atoms with Gasteiger partial charge in [0.1, 0.15) is 11.9 Å². The molecule has 132 valence electrons. The van der Waals surface area contributed by atoms with E-state index in [2.05, 4.69) is 10.1 Å². The van der Waals surface area contributed by atoms with E-state index in [0.717, 1.165) is 32.2 Å². The third-order valence-corrected chi connectivity index (χ3v) is 4.81. The molecule has 0 spiro atoms. The van der Waals surface area contributed by atoms with Crippen molar-refractivity contribution in [3.05, 3.63) is 36.0 Å². The third kappa shape index (κ3) is 3.42. The Hall–Kier alpha value is -2.28. The minimum Gasteiger partial charge on any atom is -0.368 e. The summed E-state index contributed by atoms with van der Waals surface area (Å²) in [5.74, 6) is 0.608. The van der Waals surface area contributed by atoms with Crippen LogP contribution >= 0.6 is 0 Å². The van der Waals surface area contributed by atoms with Gasteiger partial charge in [-0.2, -0.15) is 4.98 Å². The summed E-state index contributed by atoms with van der Waals surface area (Å²) < 4.78 is 24.3. The van der Waals surface area contributed by atoms with Gasteiger partial charge in [0.2, 0.25) is 11.7 Å². The molecule has 0 saturated carbocycles. The second-order valence-electron chi connectivity index (χ2n) is 6.59. The predicted molar refractivity (Wildman–Crippen MR) is 87.2 cm³/mol. The summed E-state index contributed by atoms with van der Waals surface area (Å²) in [5, 5.41) is 3.97. The number of carbonyl (C=O) groups is 1. The van der Waals surface area contributed by atoms with Gasteiger partial charge in [0, 0.05) is 25.3 Å². The molecule has 2 unspecified atom stereocenters. The molecule has 2 aliphatic heterocycles. The van der Waals surface area contributed by atoms with E-state index in [1.54, 1.807) is 12.1 Å². The highest BCUT2D eigenvalue weighted by Crippen LogP contribution is 2.29. The Morgan fingerprint density at radius 1 is 1.28 bits per heavy atom. The molecule has 25 heavy (non-hydrogen) atoms. The van der Waals surface area contributed by atoms with Crippen molar-refractivity contribution in [2.45, 2.75) is 37.7 Å². The van der Waals surface area contributed by atoms with E-state index < -0.39 is 0 Å². The largest absolute Gasteiger partial charge is 0.368 e. The number of carbonyl (C=O) groups excluding carboxylic acids is 1. The third-order valence-electron chi connectivity index (χ3n) is 4.81. The minimum absolute atomic E-state index is 0.00825. The minimum atomic E-state index is -0.338. The van der Waals surface area contributed by atoms with E-state index >= 15 is 0 Å². The van der Waals surface area contributed by atoms with Gasteiger partial charge >= 0.3 is 0 Å². The zero-order valence-electron chi connectivity index (χ0n) is 13.9. The highest BCUT2D eigenvalue weighted by Gasteiger charge is 2.33. The first-order valence-corrected chi connectivity index (χ1v) is 8.70. The maximum absolute atomic E-state index is 13.4. The van der Waals surface area contributed by atoms with Gasteiger partial charge in [0.05, 0.1) is 5.92 Å². The van der Waals surface area contributed by atoms with Gasteiger partial charge in [-0.3, -0.25) is 4.79 Å². The van der Waals surface area contributed by atoms with Crippen molar-refractivity contribution in [1.29, 1.82) is 0 Å². The highest BCUT2D eigenvalue weighted by atomic mass is 19.1. The van der Waals surface area contributed by atoms with Crippen LogP contribution < -0.4 is 0 Å². The number of halogens is 1. The fourth-order valence-electron chi connectivity index (χ4n) is 3.50. The van der Waals surface area contributed by atoms with Crippen LogP contribution in [0.3, 0.4) is 0 Å². The lowest BCUT2D eigenvalue weighted by molar-refractivity contribution is -0.142. The Morgan fingerprint density at radius 2 is 2.20 bits per heavy atom. The van der Waals surface area contributed by atoms with E-state index in [1.165, 1.54) is 12.1 Å². The number of amides is 1. The average molecular weight is 345 g/mol. The molecule has 2 aromatic rings. The topological polar surface area (TPSA) is 68.5 Å². The van der Waals surface area contributed by atoms with Crippen molar-refractivity contribution in [2.24, 2.45) is 0 Å². The number of nitrogens with zero attached hydrogens (tertiary/aromatic N) is 3. The van der Waals surface area contributed by atoms with Crippen LogP contribution in [0.5, 0.6) is 0 Å². The van der Waals surface area contributed by atoms with Gasteiger partial charge in [0.15, 0.2) is 0 Å². The first kappa shape index (κ1) is 16.2. The van der Waals surface area contributed by atoms with Crippen LogP contribution in [0.1, 0.15) is 37.5 Å². The molecule has 7 heteroatoms. The fraction of sp³-hybridized carbons (Fsp3) is 0.500. The number of likely N-dealkylation sites (tertiary alicyclic amines) is 1. The van der Waals surface area contributed by atoms with Gasteiger partial charge in [-0.25, -0.2) is 4.39 Å². The zero-order valence-corrected chi connectivity index (χ0v) is 13.9. The Labute approximate surface area is 145 Å². The standard InChI is InChI=1S/C18H20FN3O3/c19-14-6-1-4-12(10-14)16-20-17(25-21-16)13-5-2-8-22(11-13)18(23)15-7-3-9-24-15/h1,4,6,10,13,15H,2-3,5,7-9,11H2. The Morgan fingerprint density at radius 3 is 3.00 bits per heavy atom. The van der Waals surface area contributed by atoms with Crippen LogP contribution in [0.2, 0.25) is 0 Å². The van der Waals surface area contributed by atoms with Gasteiger partial charge in [-0.05, 0) is 37.8 Å². The fourth-order valence-corrected chi connectivity index (χ4v) is 3.50. The van der Waals surface area contributed by atoms with Crippen LogP contribution in [-0.4, -0.2) is 46.7 Å². The summed E-state index contributed by atoms with van der Waals surface area (Å²) >= 11 is 0. The molecule has 1 amide bonds. The summed E-state index contributed by atoms with van der Waals surface area (Å²) in [6, 6.07) is 6.11. The molecule has 2 saturated heterocycles. The van der Waals surface area contributed by atoms with E-state index in [0.29, 0.717) is 30.4 Å². The monoisotopic (exact) mass is 345 g/mol. The van der Waals surface area contributed by atoms with Gasteiger partial charge in [0.25, 0.3) is 5.91 Å². The molecular formula is C18H20FN3O3. The summed E-state index contributed by atoms with van der Waals surface area (Å²) in [6.07, 6.45) is 3.21. The molecule has 2 aliphatic rings. The molecule has 1 aromatic heterocycles. The maximum atomic E-state index is 13.4. The number of aromatic nitrogens is 2. The van der Waals surface area contributed by atoms with Crippen molar-refractivity contribution < 1.29 is 18.4 Å². The molecule has 4 rings (SSSR count). The van der Waals surface area contributed by atoms with Crippen molar-refractivity contribution >= 4 is 5.91 Å². The van der Waals surface area contributed by atoms with E-state index in [1.807, 2.05) is 4.90 Å². The van der Waals surface area contributed by atoms with Crippen LogP contribution in [0.4, 0.5) is 4.39 Å². The van der Waals surface area contributed by atoms with Crippen LogP contribution in [0.25, 0.3) is 11.4 Å². The van der Waals surface area contributed by atoms with E-state index in [-0.39, 0.29) is 23.7 Å². The molecule has 0 N–H and O–H groups in total. The Kier molecular flexibility index (Phi) is 4.48. The molecule has 2 fully saturated rings. The molecule has 2 atom stereocenters. The van der Waals surface area contributed by atoms with Crippen molar-refractivity contribution in [2.75, 3.05) is 19.7 Å². The smallest absolute Gasteiger partial charge is 0.251 e. The lowest BCUT2D eigenvalue weighted by Gasteiger charge is -2.32. The van der Waals surface area contributed by atoms with E-state index in [4.69, 9.17) is 9.26 Å². The van der Waals surface area contributed by atoms with Crippen molar-refractivity contribution in [3.63, 3.8) is 0 Å². The summed E-state index contributed by atoms with van der Waals surface area (Å²) in [4.78, 5) is 18.8. The van der Waals surface area contributed by atoms with Crippen molar-refractivity contribution in [1.82, 2.24) is 15.0 Å². The Balaban J connectivity index is 1.47. The zero-order chi connectivity index (χ0) is 17.2. The van der Waals surface area contributed by atoms with Crippen LogP contribution in [0, 0.1) is 5.82 Å². The molecule has 6 nitrogen and oxygen atoms in total. The normalized spacial score (nSPS) is 23.8. The first-order valence-electron chi connectivity index (χ1n) is 8.70. The first-order chi connectivity index (χ1) is 12.2. The predicted octanol–water partition coefficient (Wildman–Crippen LogP) is 2.76. The molecule has 1 aromatic carbocycles. The van der Waals surface area contributed by atoms with Crippen molar-refractivity contribution in [3.8, 4) is 11.4 Å². The van der Waals surface area contributed by atoms with Crippen LogP contribution in [0.15, 0.2) is 28.8 Å². The molecule has 0 aliphatic carbocycles. The second kappa shape index (κ2) is 6.92. The molecular weight excluding hydrogens is 325 g/mol. The maximum Gasteiger partial charge on any atom is 0.251 e. The van der Waals surface area contributed by atoms with Crippen LogP contribution in [-0.2, 0) is 9.53 Å². The summed E-state index contributed by atoms with van der Waals surface area (Å²) in [6.45, 7) is 1.96. The average Bonchev–Trinajstić information content (AvgIpc) is 3.33. The number of ether oxygens (including phenoxy) is 1. The van der Waals surface area contributed by atoms with Gasteiger partial charge in [-0.15, -0.1) is 0 Å². The lowest BCUT2D eigenvalue weighted by atomic mass is 9.97. The summed E-state index contributed by atoms with van der Waals surface area (Å²) in [5.41, 5.74) is 0.582. The quantitative estimate of drug-likeness (QED) is 0.856. The number of hydrogen-bond donors (Lipinski definition) is 0. The number of hydrogen-bond acceptors (Lipinski definition) is 5. The number of rotatable bonds is 3. The molecule has 3 heterocycles. The second-order valence-corrected chi connectivity index (χ2v) is 6.59. The Bertz CT molecular complexity index is 758.